The van der Waals surface area contributed by atoms with E-state index in [1.165, 1.54) is 5.75 Å². The van der Waals surface area contributed by atoms with Gasteiger partial charge in [0.2, 0.25) is 0 Å². The summed E-state index contributed by atoms with van der Waals surface area (Å²) in [6.45, 7) is 3.74. The molecule has 0 aliphatic heterocycles. The molecule has 1 aromatic rings. The Kier molecular flexibility index (Phi) is 7.69. The van der Waals surface area contributed by atoms with Crippen molar-refractivity contribution in [3.8, 4) is 11.5 Å². The topological polar surface area (TPSA) is 30.5 Å². The van der Waals surface area contributed by atoms with Gasteiger partial charge >= 0.3 is 0 Å². The standard InChI is InChI=1S/C14H23NO2S/c1-4-18-9-5-8-17-14-7-6-13(16-3)10-12(14)11-15-2/h6-7,10,15H,4-5,8-9,11H2,1-3H3. The van der Waals surface area contributed by atoms with E-state index in [2.05, 4.69) is 12.2 Å². The molecule has 0 atom stereocenters. The van der Waals surface area contributed by atoms with Crippen LogP contribution in [-0.2, 0) is 6.54 Å². The summed E-state index contributed by atoms with van der Waals surface area (Å²) in [5.74, 6) is 4.16. The van der Waals surface area contributed by atoms with Crippen molar-refractivity contribution >= 4 is 11.8 Å². The van der Waals surface area contributed by atoms with Gasteiger partial charge < -0.3 is 14.8 Å². The summed E-state index contributed by atoms with van der Waals surface area (Å²) in [5.41, 5.74) is 1.14. The second-order valence-corrected chi connectivity index (χ2v) is 5.30. The summed E-state index contributed by atoms with van der Waals surface area (Å²) in [6, 6.07) is 5.94. The van der Waals surface area contributed by atoms with Crippen LogP contribution in [0.4, 0.5) is 0 Å². The molecule has 0 amide bonds. The molecular weight excluding hydrogens is 246 g/mol. The van der Waals surface area contributed by atoms with Crippen LogP contribution in [-0.4, -0.2) is 32.3 Å². The number of hydrogen-bond donors (Lipinski definition) is 1. The van der Waals surface area contributed by atoms with E-state index in [4.69, 9.17) is 9.47 Å². The number of methoxy groups -OCH3 is 1. The molecule has 1 N–H and O–H groups in total. The molecular formula is C14H23NO2S. The molecule has 4 heteroatoms. The lowest BCUT2D eigenvalue weighted by molar-refractivity contribution is 0.314. The highest BCUT2D eigenvalue weighted by atomic mass is 32.2. The average molecular weight is 269 g/mol. The first kappa shape index (κ1) is 15.2. The SMILES string of the molecule is CCSCCCOc1ccc(OC)cc1CNC. The summed E-state index contributed by atoms with van der Waals surface area (Å²) in [6.07, 6.45) is 1.09. The third-order valence-corrected chi connectivity index (χ3v) is 3.52. The Hall–Kier alpha value is -0.870. The van der Waals surface area contributed by atoms with E-state index < -0.39 is 0 Å². The number of nitrogens with one attached hydrogen (secondary N) is 1. The highest BCUT2D eigenvalue weighted by Gasteiger charge is 2.05. The van der Waals surface area contributed by atoms with E-state index in [1.807, 2.05) is 37.0 Å². The van der Waals surface area contributed by atoms with Crippen molar-refractivity contribution in [1.82, 2.24) is 5.32 Å². The van der Waals surface area contributed by atoms with Crippen LogP contribution in [0.3, 0.4) is 0 Å². The minimum absolute atomic E-state index is 0.774. The van der Waals surface area contributed by atoms with E-state index in [0.717, 1.165) is 42.4 Å². The molecule has 0 heterocycles. The summed E-state index contributed by atoms with van der Waals surface area (Å²) in [7, 11) is 3.61. The van der Waals surface area contributed by atoms with Crippen molar-refractivity contribution in [3.05, 3.63) is 23.8 Å². The molecule has 3 nitrogen and oxygen atoms in total. The van der Waals surface area contributed by atoms with Gasteiger partial charge in [0.1, 0.15) is 11.5 Å². The lowest BCUT2D eigenvalue weighted by Gasteiger charge is -2.12. The van der Waals surface area contributed by atoms with Crippen molar-refractivity contribution in [1.29, 1.82) is 0 Å². The molecule has 0 aliphatic rings. The van der Waals surface area contributed by atoms with Gasteiger partial charge in [-0.25, -0.2) is 0 Å². The molecule has 0 unspecified atom stereocenters. The van der Waals surface area contributed by atoms with Crippen LogP contribution >= 0.6 is 11.8 Å². The molecule has 0 aliphatic carbocycles. The molecule has 102 valence electrons. The van der Waals surface area contributed by atoms with Crippen LogP contribution in [0.25, 0.3) is 0 Å². The molecule has 0 spiro atoms. The molecule has 0 aromatic heterocycles. The lowest BCUT2D eigenvalue weighted by Crippen LogP contribution is -2.08. The lowest BCUT2D eigenvalue weighted by atomic mass is 10.2. The van der Waals surface area contributed by atoms with Gasteiger partial charge in [-0.2, -0.15) is 11.8 Å². The largest absolute Gasteiger partial charge is 0.497 e. The van der Waals surface area contributed by atoms with Gasteiger partial charge in [-0.3, -0.25) is 0 Å². The first-order valence-corrected chi connectivity index (χ1v) is 7.49. The van der Waals surface area contributed by atoms with E-state index in [-0.39, 0.29) is 0 Å². The first-order chi connectivity index (χ1) is 8.81. The maximum absolute atomic E-state index is 5.83. The zero-order chi connectivity index (χ0) is 13.2. The summed E-state index contributed by atoms with van der Waals surface area (Å²) >= 11 is 1.95. The molecule has 0 bridgehead atoms. The zero-order valence-electron chi connectivity index (χ0n) is 11.5. The molecule has 0 radical (unpaired) electrons. The summed E-state index contributed by atoms with van der Waals surface area (Å²) < 4.78 is 11.1. The predicted molar refractivity (Wildman–Crippen MR) is 78.9 cm³/mol. The Morgan fingerprint density at radius 1 is 1.33 bits per heavy atom. The zero-order valence-corrected chi connectivity index (χ0v) is 12.3. The maximum atomic E-state index is 5.83. The molecule has 1 aromatic carbocycles. The molecule has 1 rings (SSSR count). The van der Waals surface area contributed by atoms with Gasteiger partial charge in [0.05, 0.1) is 13.7 Å². The third kappa shape index (κ3) is 5.19. The monoisotopic (exact) mass is 269 g/mol. The first-order valence-electron chi connectivity index (χ1n) is 6.33. The van der Waals surface area contributed by atoms with E-state index in [9.17, 15) is 0 Å². The second kappa shape index (κ2) is 9.11. The van der Waals surface area contributed by atoms with Crippen molar-refractivity contribution in [2.75, 3.05) is 32.3 Å². The molecule has 18 heavy (non-hydrogen) atoms. The summed E-state index contributed by atoms with van der Waals surface area (Å²) in [5, 5.41) is 3.15. The normalized spacial score (nSPS) is 10.4. The molecule has 0 fully saturated rings. The number of rotatable bonds is 9. The average Bonchev–Trinajstić information content (AvgIpc) is 2.40. The third-order valence-electron chi connectivity index (χ3n) is 2.53. The van der Waals surface area contributed by atoms with Gasteiger partial charge in [-0.05, 0) is 43.2 Å². The smallest absolute Gasteiger partial charge is 0.124 e. The quantitative estimate of drug-likeness (QED) is 0.698. The molecule has 0 saturated carbocycles. The highest BCUT2D eigenvalue weighted by molar-refractivity contribution is 7.99. The van der Waals surface area contributed by atoms with E-state index >= 15 is 0 Å². The van der Waals surface area contributed by atoms with Gasteiger partial charge in [0.25, 0.3) is 0 Å². The fraction of sp³-hybridized carbons (Fsp3) is 0.571. The number of ether oxygens (including phenoxy) is 2. The van der Waals surface area contributed by atoms with Gasteiger partial charge in [0, 0.05) is 12.1 Å². The van der Waals surface area contributed by atoms with Gasteiger partial charge in [-0.15, -0.1) is 0 Å². The maximum Gasteiger partial charge on any atom is 0.124 e. The van der Waals surface area contributed by atoms with Crippen LogP contribution in [0.2, 0.25) is 0 Å². The minimum Gasteiger partial charge on any atom is -0.497 e. The Balaban J connectivity index is 2.52. The van der Waals surface area contributed by atoms with E-state index in [1.54, 1.807) is 7.11 Å². The van der Waals surface area contributed by atoms with Crippen LogP contribution in [0.5, 0.6) is 11.5 Å². The summed E-state index contributed by atoms with van der Waals surface area (Å²) in [4.78, 5) is 0. The Bertz CT molecular complexity index is 345. The second-order valence-electron chi connectivity index (χ2n) is 3.90. The van der Waals surface area contributed by atoms with Crippen molar-refractivity contribution in [3.63, 3.8) is 0 Å². The Morgan fingerprint density at radius 2 is 2.17 bits per heavy atom. The van der Waals surface area contributed by atoms with E-state index in [0.29, 0.717) is 0 Å². The fourth-order valence-electron chi connectivity index (χ4n) is 1.64. The van der Waals surface area contributed by atoms with Crippen molar-refractivity contribution < 1.29 is 9.47 Å². The highest BCUT2D eigenvalue weighted by Crippen LogP contribution is 2.24. The van der Waals surface area contributed by atoms with Gasteiger partial charge in [0.15, 0.2) is 0 Å². The van der Waals surface area contributed by atoms with Crippen LogP contribution in [0, 0.1) is 0 Å². The Labute approximate surface area is 114 Å². The van der Waals surface area contributed by atoms with Crippen molar-refractivity contribution in [2.45, 2.75) is 19.9 Å². The Morgan fingerprint density at radius 3 is 2.83 bits per heavy atom. The van der Waals surface area contributed by atoms with Gasteiger partial charge in [-0.1, -0.05) is 6.92 Å². The fourth-order valence-corrected chi connectivity index (χ4v) is 2.25. The van der Waals surface area contributed by atoms with Crippen LogP contribution in [0.1, 0.15) is 18.9 Å². The number of thioether (sulfide) groups is 1. The van der Waals surface area contributed by atoms with Crippen molar-refractivity contribution in [2.24, 2.45) is 0 Å². The predicted octanol–water partition coefficient (Wildman–Crippen LogP) is 2.94. The number of benzene rings is 1. The van der Waals surface area contributed by atoms with Crippen LogP contribution < -0.4 is 14.8 Å². The van der Waals surface area contributed by atoms with Crippen LogP contribution in [0.15, 0.2) is 18.2 Å². The minimum atomic E-state index is 0.774. The number of hydrogen-bond acceptors (Lipinski definition) is 4. The molecule has 0 saturated heterocycles.